The summed E-state index contributed by atoms with van der Waals surface area (Å²) in [5.74, 6) is 0. The highest BCUT2D eigenvalue weighted by atomic mass is 32.1. The molecule has 0 saturated carbocycles. The lowest BCUT2D eigenvalue weighted by atomic mass is 10.1. The molecule has 0 aliphatic heterocycles. The SMILES string of the molecule is CC(C)N(Cc1cccs1)CC(N)c1ccccc1. The first-order valence-corrected chi connectivity index (χ1v) is 7.61. The molecule has 1 aromatic heterocycles. The fourth-order valence-corrected chi connectivity index (χ4v) is 2.85. The summed E-state index contributed by atoms with van der Waals surface area (Å²) in [7, 11) is 0. The third kappa shape index (κ3) is 4.16. The van der Waals surface area contributed by atoms with Gasteiger partial charge < -0.3 is 5.73 Å². The molecule has 0 amide bonds. The number of thiophene rings is 1. The predicted octanol–water partition coefficient (Wildman–Crippen LogP) is 3.66. The molecular formula is C16H22N2S. The third-order valence-electron chi connectivity index (χ3n) is 3.33. The van der Waals surface area contributed by atoms with Crippen molar-refractivity contribution < 1.29 is 0 Å². The zero-order valence-electron chi connectivity index (χ0n) is 11.6. The van der Waals surface area contributed by atoms with Gasteiger partial charge in [-0.25, -0.2) is 0 Å². The zero-order valence-corrected chi connectivity index (χ0v) is 12.4. The lowest BCUT2D eigenvalue weighted by Gasteiger charge is -2.29. The summed E-state index contributed by atoms with van der Waals surface area (Å²) >= 11 is 1.81. The summed E-state index contributed by atoms with van der Waals surface area (Å²) in [6, 6.07) is 15.2. The normalized spacial score (nSPS) is 13.1. The quantitative estimate of drug-likeness (QED) is 0.871. The average molecular weight is 274 g/mol. The van der Waals surface area contributed by atoms with Gasteiger partial charge in [0.25, 0.3) is 0 Å². The molecule has 19 heavy (non-hydrogen) atoms. The first-order valence-electron chi connectivity index (χ1n) is 6.74. The van der Waals surface area contributed by atoms with Crippen LogP contribution in [0, 0.1) is 0 Å². The summed E-state index contributed by atoms with van der Waals surface area (Å²) in [4.78, 5) is 3.83. The number of nitrogens with two attached hydrogens (primary N) is 1. The van der Waals surface area contributed by atoms with Gasteiger partial charge in [-0.3, -0.25) is 4.90 Å². The van der Waals surface area contributed by atoms with Crippen molar-refractivity contribution >= 4 is 11.3 Å². The van der Waals surface area contributed by atoms with E-state index in [-0.39, 0.29) is 6.04 Å². The average Bonchev–Trinajstić information content (AvgIpc) is 2.91. The Labute approximate surface area is 119 Å². The molecule has 3 heteroatoms. The second kappa shape index (κ2) is 6.85. The third-order valence-corrected chi connectivity index (χ3v) is 4.19. The summed E-state index contributed by atoms with van der Waals surface area (Å²) in [5.41, 5.74) is 7.53. The van der Waals surface area contributed by atoms with Crippen LogP contribution in [0.4, 0.5) is 0 Å². The van der Waals surface area contributed by atoms with E-state index in [2.05, 4.69) is 48.4 Å². The minimum absolute atomic E-state index is 0.0727. The Balaban J connectivity index is 2.00. The fourth-order valence-electron chi connectivity index (χ4n) is 2.12. The number of benzene rings is 1. The van der Waals surface area contributed by atoms with Gasteiger partial charge in [-0.15, -0.1) is 11.3 Å². The van der Waals surface area contributed by atoms with E-state index >= 15 is 0 Å². The van der Waals surface area contributed by atoms with E-state index in [1.54, 1.807) is 0 Å². The van der Waals surface area contributed by atoms with Crippen LogP contribution >= 0.6 is 11.3 Å². The van der Waals surface area contributed by atoms with E-state index < -0.39 is 0 Å². The van der Waals surface area contributed by atoms with Gasteiger partial charge in [0.1, 0.15) is 0 Å². The van der Waals surface area contributed by atoms with Gasteiger partial charge in [0, 0.05) is 30.1 Å². The Hall–Kier alpha value is -1.16. The largest absolute Gasteiger partial charge is 0.323 e. The Bertz CT molecular complexity index is 465. The van der Waals surface area contributed by atoms with Crippen LogP contribution in [0.3, 0.4) is 0 Å². The van der Waals surface area contributed by atoms with Crippen molar-refractivity contribution in [3.05, 3.63) is 58.3 Å². The van der Waals surface area contributed by atoms with Gasteiger partial charge in [-0.05, 0) is 30.9 Å². The lowest BCUT2D eigenvalue weighted by Crippen LogP contribution is -2.36. The van der Waals surface area contributed by atoms with Gasteiger partial charge in [0.05, 0.1) is 0 Å². The second-order valence-corrected chi connectivity index (χ2v) is 6.15. The van der Waals surface area contributed by atoms with Gasteiger partial charge in [-0.2, -0.15) is 0 Å². The van der Waals surface area contributed by atoms with E-state index in [0.29, 0.717) is 6.04 Å². The van der Waals surface area contributed by atoms with Gasteiger partial charge in [-0.1, -0.05) is 36.4 Å². The second-order valence-electron chi connectivity index (χ2n) is 5.12. The maximum absolute atomic E-state index is 6.32. The van der Waals surface area contributed by atoms with Crippen LogP contribution in [0.25, 0.3) is 0 Å². The number of hydrogen-bond acceptors (Lipinski definition) is 3. The summed E-state index contributed by atoms with van der Waals surface area (Å²) in [6.07, 6.45) is 0. The van der Waals surface area contributed by atoms with Crippen LogP contribution in [0.15, 0.2) is 47.8 Å². The minimum atomic E-state index is 0.0727. The van der Waals surface area contributed by atoms with Gasteiger partial charge in [0.15, 0.2) is 0 Å². The Morgan fingerprint density at radius 1 is 1.11 bits per heavy atom. The van der Waals surface area contributed by atoms with E-state index in [1.807, 2.05) is 29.5 Å². The van der Waals surface area contributed by atoms with E-state index in [9.17, 15) is 0 Å². The number of hydrogen-bond donors (Lipinski definition) is 1. The molecule has 2 nitrogen and oxygen atoms in total. The Kier molecular flexibility index (Phi) is 5.14. The number of rotatable bonds is 6. The van der Waals surface area contributed by atoms with Crippen molar-refractivity contribution in [2.24, 2.45) is 5.73 Å². The molecule has 0 saturated heterocycles. The molecule has 0 aliphatic rings. The Morgan fingerprint density at radius 2 is 1.84 bits per heavy atom. The highest BCUT2D eigenvalue weighted by molar-refractivity contribution is 7.09. The number of nitrogens with zero attached hydrogens (tertiary/aromatic N) is 1. The van der Waals surface area contributed by atoms with Crippen LogP contribution in [0.5, 0.6) is 0 Å². The summed E-state index contributed by atoms with van der Waals surface area (Å²) < 4.78 is 0. The molecule has 2 N–H and O–H groups in total. The lowest BCUT2D eigenvalue weighted by molar-refractivity contribution is 0.201. The van der Waals surface area contributed by atoms with Gasteiger partial charge >= 0.3 is 0 Å². The van der Waals surface area contributed by atoms with Crippen LogP contribution in [-0.4, -0.2) is 17.5 Å². The molecular weight excluding hydrogens is 252 g/mol. The highest BCUT2D eigenvalue weighted by Crippen LogP contribution is 2.17. The monoisotopic (exact) mass is 274 g/mol. The smallest absolute Gasteiger partial charge is 0.0424 e. The van der Waals surface area contributed by atoms with Crippen molar-refractivity contribution in [2.75, 3.05) is 6.54 Å². The topological polar surface area (TPSA) is 29.3 Å². The van der Waals surface area contributed by atoms with Crippen molar-refractivity contribution in [1.82, 2.24) is 4.90 Å². The molecule has 0 radical (unpaired) electrons. The highest BCUT2D eigenvalue weighted by Gasteiger charge is 2.15. The maximum Gasteiger partial charge on any atom is 0.0424 e. The van der Waals surface area contributed by atoms with E-state index in [0.717, 1.165) is 13.1 Å². The van der Waals surface area contributed by atoms with Crippen molar-refractivity contribution in [1.29, 1.82) is 0 Å². The van der Waals surface area contributed by atoms with Crippen LogP contribution in [-0.2, 0) is 6.54 Å². The Morgan fingerprint density at radius 3 is 2.42 bits per heavy atom. The molecule has 0 spiro atoms. The van der Waals surface area contributed by atoms with Crippen molar-refractivity contribution in [3.8, 4) is 0 Å². The molecule has 102 valence electrons. The van der Waals surface area contributed by atoms with Crippen molar-refractivity contribution in [3.63, 3.8) is 0 Å². The molecule has 1 unspecified atom stereocenters. The molecule has 1 aromatic carbocycles. The standard InChI is InChI=1S/C16H22N2S/c1-13(2)18(11-15-9-6-10-19-15)12-16(17)14-7-4-3-5-8-14/h3-10,13,16H,11-12,17H2,1-2H3. The molecule has 1 atom stereocenters. The van der Waals surface area contributed by atoms with E-state index in [1.165, 1.54) is 10.4 Å². The molecule has 1 heterocycles. The minimum Gasteiger partial charge on any atom is -0.323 e. The predicted molar refractivity (Wildman–Crippen MR) is 83.2 cm³/mol. The molecule has 0 aliphatic carbocycles. The van der Waals surface area contributed by atoms with E-state index in [4.69, 9.17) is 5.73 Å². The molecule has 0 bridgehead atoms. The molecule has 2 aromatic rings. The van der Waals surface area contributed by atoms with Crippen LogP contribution in [0.1, 0.15) is 30.3 Å². The first-order chi connectivity index (χ1) is 9.16. The van der Waals surface area contributed by atoms with Crippen molar-refractivity contribution in [2.45, 2.75) is 32.5 Å². The molecule has 0 fully saturated rings. The summed E-state index contributed by atoms with van der Waals surface area (Å²) in [5, 5.41) is 2.13. The molecule has 2 rings (SSSR count). The summed E-state index contributed by atoms with van der Waals surface area (Å²) in [6.45, 7) is 6.33. The van der Waals surface area contributed by atoms with Crippen LogP contribution < -0.4 is 5.73 Å². The first kappa shape index (κ1) is 14.3. The zero-order chi connectivity index (χ0) is 13.7. The van der Waals surface area contributed by atoms with Gasteiger partial charge in [0.2, 0.25) is 0 Å². The fraction of sp³-hybridized carbons (Fsp3) is 0.375. The van der Waals surface area contributed by atoms with Crippen LogP contribution in [0.2, 0.25) is 0 Å². The maximum atomic E-state index is 6.32.